The zero-order chi connectivity index (χ0) is 12.3. The summed E-state index contributed by atoms with van der Waals surface area (Å²) in [7, 11) is 0. The third-order valence-electron chi connectivity index (χ3n) is 3.41. The molecule has 0 unspecified atom stereocenters. The lowest BCUT2D eigenvalue weighted by Gasteiger charge is -2.35. The lowest BCUT2D eigenvalue weighted by atomic mass is 9.90. The van der Waals surface area contributed by atoms with Gasteiger partial charge in [0.2, 0.25) is 0 Å². The van der Waals surface area contributed by atoms with E-state index in [9.17, 15) is 0 Å². The first-order valence-corrected chi connectivity index (χ1v) is 6.74. The number of nitrogens with one attached hydrogen (secondary N) is 2. The molecule has 0 spiro atoms. The Morgan fingerprint density at radius 1 is 1.24 bits per heavy atom. The quantitative estimate of drug-likeness (QED) is 0.883. The second-order valence-corrected chi connectivity index (χ2v) is 5.73. The van der Waals surface area contributed by atoms with Crippen molar-refractivity contribution in [3.05, 3.63) is 33.8 Å². The predicted molar refractivity (Wildman–Crippen MR) is 73.8 cm³/mol. The lowest BCUT2D eigenvalue weighted by Crippen LogP contribution is -2.49. The maximum atomic E-state index is 6.00. The number of halogens is 2. The number of piperidine rings is 1. The zero-order valence-electron chi connectivity index (χ0n) is 10.0. The third kappa shape index (κ3) is 3.59. The minimum Gasteiger partial charge on any atom is -0.317 e. The summed E-state index contributed by atoms with van der Waals surface area (Å²) < 4.78 is 0. The second-order valence-electron chi connectivity index (χ2n) is 4.91. The highest BCUT2D eigenvalue weighted by molar-refractivity contribution is 6.42. The van der Waals surface area contributed by atoms with E-state index < -0.39 is 0 Å². The van der Waals surface area contributed by atoms with Crippen molar-refractivity contribution in [3.8, 4) is 0 Å². The van der Waals surface area contributed by atoms with Gasteiger partial charge in [0.15, 0.2) is 0 Å². The number of rotatable bonds is 3. The molecule has 1 heterocycles. The van der Waals surface area contributed by atoms with Crippen molar-refractivity contribution in [2.75, 3.05) is 13.1 Å². The molecule has 1 aromatic rings. The van der Waals surface area contributed by atoms with E-state index >= 15 is 0 Å². The molecule has 1 saturated heterocycles. The molecule has 94 valence electrons. The molecule has 1 aliphatic rings. The van der Waals surface area contributed by atoms with Gasteiger partial charge in [0.05, 0.1) is 10.0 Å². The van der Waals surface area contributed by atoms with Crippen LogP contribution in [-0.2, 0) is 6.54 Å². The summed E-state index contributed by atoms with van der Waals surface area (Å²) in [4.78, 5) is 0. The van der Waals surface area contributed by atoms with Gasteiger partial charge >= 0.3 is 0 Å². The average molecular weight is 273 g/mol. The van der Waals surface area contributed by atoms with Crippen molar-refractivity contribution < 1.29 is 0 Å². The maximum absolute atomic E-state index is 6.00. The fourth-order valence-electron chi connectivity index (χ4n) is 2.12. The summed E-state index contributed by atoms with van der Waals surface area (Å²) in [5.41, 5.74) is 1.41. The van der Waals surface area contributed by atoms with Gasteiger partial charge in [0.1, 0.15) is 0 Å². The van der Waals surface area contributed by atoms with Crippen molar-refractivity contribution in [2.24, 2.45) is 0 Å². The van der Waals surface area contributed by atoms with Crippen LogP contribution in [0.5, 0.6) is 0 Å². The number of hydrogen-bond donors (Lipinski definition) is 2. The molecule has 0 atom stereocenters. The summed E-state index contributed by atoms with van der Waals surface area (Å²) in [5, 5.41) is 8.24. The topological polar surface area (TPSA) is 24.1 Å². The first-order chi connectivity index (χ1) is 8.09. The van der Waals surface area contributed by atoms with Crippen LogP contribution in [0.25, 0.3) is 0 Å². The van der Waals surface area contributed by atoms with Gasteiger partial charge in [-0.2, -0.15) is 0 Å². The van der Waals surface area contributed by atoms with Crippen LogP contribution in [0.1, 0.15) is 25.3 Å². The fraction of sp³-hybridized carbons (Fsp3) is 0.538. The van der Waals surface area contributed by atoms with Crippen LogP contribution < -0.4 is 10.6 Å². The predicted octanol–water partition coefficient (Wildman–Crippen LogP) is 3.23. The molecule has 0 bridgehead atoms. The molecule has 2 rings (SSSR count). The van der Waals surface area contributed by atoms with Crippen LogP contribution in [0.2, 0.25) is 10.0 Å². The molecule has 1 aliphatic heterocycles. The minimum atomic E-state index is 0.233. The van der Waals surface area contributed by atoms with Gasteiger partial charge in [-0.15, -0.1) is 0 Å². The molecule has 1 fully saturated rings. The molecular weight excluding hydrogens is 255 g/mol. The molecule has 0 amide bonds. The third-order valence-corrected chi connectivity index (χ3v) is 4.15. The fourth-order valence-corrected chi connectivity index (χ4v) is 2.44. The second kappa shape index (κ2) is 5.57. The van der Waals surface area contributed by atoms with Gasteiger partial charge < -0.3 is 10.6 Å². The van der Waals surface area contributed by atoms with E-state index in [0.29, 0.717) is 10.0 Å². The Balaban J connectivity index is 1.94. The normalized spacial score (nSPS) is 19.2. The smallest absolute Gasteiger partial charge is 0.0595 e. The van der Waals surface area contributed by atoms with Crippen LogP contribution >= 0.6 is 23.2 Å². The molecule has 0 radical (unpaired) electrons. The summed E-state index contributed by atoms with van der Waals surface area (Å²) in [5.74, 6) is 0. The summed E-state index contributed by atoms with van der Waals surface area (Å²) in [6, 6.07) is 5.80. The first-order valence-electron chi connectivity index (χ1n) is 5.99. The van der Waals surface area contributed by atoms with Crippen LogP contribution in [0.15, 0.2) is 18.2 Å². The standard InChI is InChI=1S/C13H18Cl2N2/c1-13(4-6-16-7-5-13)17-9-10-2-3-11(14)12(15)8-10/h2-3,8,16-17H,4-7,9H2,1H3. The summed E-state index contributed by atoms with van der Waals surface area (Å²) in [6.07, 6.45) is 2.32. The molecule has 2 N–H and O–H groups in total. The summed E-state index contributed by atoms with van der Waals surface area (Å²) >= 11 is 11.9. The van der Waals surface area contributed by atoms with E-state index in [-0.39, 0.29) is 5.54 Å². The van der Waals surface area contributed by atoms with Gasteiger partial charge in [-0.25, -0.2) is 0 Å². The molecular formula is C13H18Cl2N2. The molecule has 1 aromatic carbocycles. The monoisotopic (exact) mass is 272 g/mol. The van der Waals surface area contributed by atoms with E-state index in [1.807, 2.05) is 18.2 Å². The largest absolute Gasteiger partial charge is 0.317 e. The van der Waals surface area contributed by atoms with E-state index in [1.54, 1.807) is 0 Å². The van der Waals surface area contributed by atoms with Crippen LogP contribution in [0.3, 0.4) is 0 Å². The van der Waals surface area contributed by atoms with Gasteiger partial charge in [-0.3, -0.25) is 0 Å². The minimum absolute atomic E-state index is 0.233. The van der Waals surface area contributed by atoms with Gasteiger partial charge in [-0.1, -0.05) is 29.3 Å². The first kappa shape index (κ1) is 13.2. The molecule has 0 saturated carbocycles. The molecule has 0 aromatic heterocycles. The van der Waals surface area contributed by atoms with E-state index in [2.05, 4.69) is 17.6 Å². The summed E-state index contributed by atoms with van der Waals surface area (Å²) in [6.45, 7) is 5.30. The lowest BCUT2D eigenvalue weighted by molar-refractivity contribution is 0.265. The van der Waals surface area contributed by atoms with Crippen molar-refractivity contribution >= 4 is 23.2 Å². The Hall–Kier alpha value is -0.280. The van der Waals surface area contributed by atoms with Crippen LogP contribution in [-0.4, -0.2) is 18.6 Å². The highest BCUT2D eigenvalue weighted by Crippen LogP contribution is 2.23. The molecule has 0 aliphatic carbocycles. The number of benzene rings is 1. The molecule has 2 nitrogen and oxygen atoms in total. The Bertz CT molecular complexity index is 387. The van der Waals surface area contributed by atoms with Gasteiger partial charge in [-0.05, 0) is 50.6 Å². The van der Waals surface area contributed by atoms with E-state index in [1.165, 1.54) is 5.56 Å². The van der Waals surface area contributed by atoms with E-state index in [0.717, 1.165) is 32.5 Å². The van der Waals surface area contributed by atoms with Crippen molar-refractivity contribution in [2.45, 2.75) is 31.8 Å². The number of hydrogen-bond acceptors (Lipinski definition) is 2. The Morgan fingerprint density at radius 2 is 1.94 bits per heavy atom. The van der Waals surface area contributed by atoms with Gasteiger partial charge in [0.25, 0.3) is 0 Å². The molecule has 4 heteroatoms. The van der Waals surface area contributed by atoms with Crippen molar-refractivity contribution in [1.82, 2.24) is 10.6 Å². The van der Waals surface area contributed by atoms with Crippen LogP contribution in [0, 0.1) is 0 Å². The van der Waals surface area contributed by atoms with Gasteiger partial charge in [0, 0.05) is 12.1 Å². The Kier molecular flexibility index (Phi) is 4.31. The average Bonchev–Trinajstić information content (AvgIpc) is 2.32. The van der Waals surface area contributed by atoms with Crippen molar-refractivity contribution in [1.29, 1.82) is 0 Å². The SMILES string of the molecule is CC1(NCc2ccc(Cl)c(Cl)c2)CCNCC1. The Labute approximate surface area is 113 Å². The molecule has 17 heavy (non-hydrogen) atoms. The highest BCUT2D eigenvalue weighted by atomic mass is 35.5. The van der Waals surface area contributed by atoms with E-state index in [4.69, 9.17) is 23.2 Å². The zero-order valence-corrected chi connectivity index (χ0v) is 11.5. The maximum Gasteiger partial charge on any atom is 0.0595 e. The van der Waals surface area contributed by atoms with Crippen LogP contribution in [0.4, 0.5) is 0 Å². The van der Waals surface area contributed by atoms with Crippen molar-refractivity contribution in [3.63, 3.8) is 0 Å². The highest BCUT2D eigenvalue weighted by Gasteiger charge is 2.25. The Morgan fingerprint density at radius 3 is 2.59 bits per heavy atom.